The Labute approximate surface area is 154 Å². The molecule has 25 heavy (non-hydrogen) atoms. The summed E-state index contributed by atoms with van der Waals surface area (Å²) in [6.45, 7) is 0.935. The number of amides is 1. The van der Waals surface area contributed by atoms with Crippen LogP contribution in [0.5, 0.6) is 17.2 Å². The molecule has 1 aliphatic rings. The average Bonchev–Trinajstić information content (AvgIpc) is 3.10. The van der Waals surface area contributed by atoms with Crippen molar-refractivity contribution in [3.63, 3.8) is 0 Å². The van der Waals surface area contributed by atoms with E-state index in [4.69, 9.17) is 24.7 Å². The molecule has 0 aromatic heterocycles. The number of nitrogens with two attached hydrogens (primary N) is 1. The van der Waals surface area contributed by atoms with E-state index in [0.29, 0.717) is 43.2 Å². The molecule has 1 saturated heterocycles. The van der Waals surface area contributed by atoms with Crippen LogP contribution in [0.25, 0.3) is 0 Å². The van der Waals surface area contributed by atoms with Crippen LogP contribution in [-0.4, -0.2) is 52.5 Å². The van der Waals surface area contributed by atoms with Gasteiger partial charge in [-0.2, -0.15) is 0 Å². The summed E-state index contributed by atoms with van der Waals surface area (Å²) in [6, 6.07) is 3.73. The summed E-state index contributed by atoms with van der Waals surface area (Å²) in [5.41, 5.74) is 6.50. The minimum atomic E-state index is -0.397. The van der Waals surface area contributed by atoms with E-state index in [2.05, 4.69) is 5.32 Å². The molecule has 1 fully saturated rings. The van der Waals surface area contributed by atoms with Crippen molar-refractivity contribution < 1.29 is 23.7 Å². The SMILES string of the molecule is COc1ccc(CCNC(=O)[C@@H]2CC[C@H](CN)O2)c(OC)c1OC.Cl. The zero-order valence-electron chi connectivity index (χ0n) is 14.9. The summed E-state index contributed by atoms with van der Waals surface area (Å²) in [4.78, 5) is 12.1. The van der Waals surface area contributed by atoms with Crippen molar-refractivity contribution in [3.8, 4) is 17.2 Å². The van der Waals surface area contributed by atoms with Crippen molar-refractivity contribution in [1.29, 1.82) is 0 Å². The van der Waals surface area contributed by atoms with Crippen molar-refractivity contribution in [3.05, 3.63) is 17.7 Å². The molecule has 1 amide bonds. The lowest BCUT2D eigenvalue weighted by Gasteiger charge is -2.16. The molecule has 3 N–H and O–H groups in total. The molecule has 0 spiro atoms. The maximum atomic E-state index is 12.1. The number of carbonyl (C=O) groups excluding carboxylic acids is 1. The van der Waals surface area contributed by atoms with Crippen LogP contribution < -0.4 is 25.3 Å². The van der Waals surface area contributed by atoms with Gasteiger partial charge in [-0.1, -0.05) is 6.07 Å². The number of ether oxygens (including phenoxy) is 4. The number of carbonyl (C=O) groups is 1. The molecule has 1 aliphatic heterocycles. The number of halogens is 1. The Balaban J connectivity index is 0.00000312. The number of hydrogen-bond acceptors (Lipinski definition) is 6. The van der Waals surface area contributed by atoms with Crippen LogP contribution in [0.2, 0.25) is 0 Å². The third-order valence-corrected chi connectivity index (χ3v) is 4.14. The van der Waals surface area contributed by atoms with Crippen molar-refractivity contribution >= 4 is 18.3 Å². The predicted molar refractivity (Wildman–Crippen MR) is 97.0 cm³/mol. The molecule has 8 heteroatoms. The van der Waals surface area contributed by atoms with Gasteiger partial charge in [0.05, 0.1) is 27.4 Å². The minimum Gasteiger partial charge on any atom is -0.493 e. The second-order valence-corrected chi connectivity index (χ2v) is 5.59. The Hall–Kier alpha value is -1.70. The Morgan fingerprint density at radius 2 is 1.92 bits per heavy atom. The van der Waals surface area contributed by atoms with Gasteiger partial charge in [0.1, 0.15) is 6.10 Å². The molecule has 2 atom stereocenters. The summed E-state index contributed by atoms with van der Waals surface area (Å²) >= 11 is 0. The second-order valence-electron chi connectivity index (χ2n) is 5.59. The van der Waals surface area contributed by atoms with Crippen molar-refractivity contribution in [2.45, 2.75) is 31.5 Å². The van der Waals surface area contributed by atoms with Gasteiger partial charge < -0.3 is 30.0 Å². The number of nitrogens with one attached hydrogen (secondary N) is 1. The van der Waals surface area contributed by atoms with Crippen LogP contribution >= 0.6 is 12.4 Å². The fourth-order valence-corrected chi connectivity index (χ4v) is 2.87. The highest BCUT2D eigenvalue weighted by molar-refractivity contribution is 5.85. The molecule has 1 heterocycles. The lowest BCUT2D eigenvalue weighted by atomic mass is 10.1. The molecule has 7 nitrogen and oxygen atoms in total. The quantitative estimate of drug-likeness (QED) is 0.712. The van der Waals surface area contributed by atoms with E-state index in [0.717, 1.165) is 12.0 Å². The van der Waals surface area contributed by atoms with Crippen molar-refractivity contribution in [2.24, 2.45) is 5.73 Å². The molecule has 0 saturated carbocycles. The van der Waals surface area contributed by atoms with Crippen molar-refractivity contribution in [2.75, 3.05) is 34.4 Å². The Bertz CT molecular complexity index is 570. The number of rotatable bonds is 8. The van der Waals surface area contributed by atoms with Crippen LogP contribution in [0.3, 0.4) is 0 Å². The molecule has 0 aliphatic carbocycles. The first kappa shape index (κ1) is 21.3. The van der Waals surface area contributed by atoms with Gasteiger partial charge in [0, 0.05) is 18.7 Å². The molecule has 1 aromatic carbocycles. The first-order valence-corrected chi connectivity index (χ1v) is 8.05. The van der Waals surface area contributed by atoms with Gasteiger partial charge in [-0.25, -0.2) is 0 Å². The van der Waals surface area contributed by atoms with E-state index < -0.39 is 6.10 Å². The third-order valence-electron chi connectivity index (χ3n) is 4.14. The fraction of sp³-hybridized carbons (Fsp3) is 0.588. The van der Waals surface area contributed by atoms with E-state index in [1.807, 2.05) is 12.1 Å². The predicted octanol–water partition coefficient (Wildman–Crippen LogP) is 1.30. The first-order chi connectivity index (χ1) is 11.6. The summed E-state index contributed by atoms with van der Waals surface area (Å²) in [6.07, 6.45) is 1.76. The summed E-state index contributed by atoms with van der Waals surface area (Å²) in [5.74, 6) is 1.68. The maximum Gasteiger partial charge on any atom is 0.249 e. The van der Waals surface area contributed by atoms with Crippen LogP contribution in [0.1, 0.15) is 18.4 Å². The Morgan fingerprint density at radius 1 is 1.20 bits per heavy atom. The van der Waals surface area contributed by atoms with Crippen LogP contribution in [0.4, 0.5) is 0 Å². The smallest absolute Gasteiger partial charge is 0.249 e. The van der Waals surface area contributed by atoms with E-state index in [-0.39, 0.29) is 24.4 Å². The Morgan fingerprint density at radius 3 is 2.48 bits per heavy atom. The lowest BCUT2D eigenvalue weighted by Crippen LogP contribution is -2.36. The second kappa shape index (κ2) is 10.3. The Kier molecular flexibility index (Phi) is 8.82. The molecule has 142 valence electrons. The van der Waals surface area contributed by atoms with Crippen LogP contribution in [-0.2, 0) is 16.0 Å². The molecule has 0 radical (unpaired) electrons. The first-order valence-electron chi connectivity index (χ1n) is 8.05. The van der Waals surface area contributed by atoms with Gasteiger partial charge >= 0.3 is 0 Å². The molecular weight excluding hydrogens is 348 g/mol. The van der Waals surface area contributed by atoms with Gasteiger partial charge in [-0.3, -0.25) is 4.79 Å². The zero-order valence-corrected chi connectivity index (χ0v) is 15.7. The summed E-state index contributed by atoms with van der Waals surface area (Å²) in [5, 5.41) is 2.90. The van der Waals surface area contributed by atoms with Gasteiger partial charge in [-0.15, -0.1) is 12.4 Å². The van der Waals surface area contributed by atoms with Crippen molar-refractivity contribution in [1.82, 2.24) is 5.32 Å². The topological polar surface area (TPSA) is 92.0 Å². The minimum absolute atomic E-state index is 0. The van der Waals surface area contributed by atoms with Gasteiger partial charge in [-0.05, 0) is 25.3 Å². The highest BCUT2D eigenvalue weighted by Gasteiger charge is 2.29. The number of methoxy groups -OCH3 is 3. The maximum absolute atomic E-state index is 12.1. The van der Waals surface area contributed by atoms with Crippen LogP contribution in [0, 0.1) is 0 Å². The third kappa shape index (κ3) is 5.14. The average molecular weight is 375 g/mol. The molecule has 1 aromatic rings. The largest absolute Gasteiger partial charge is 0.493 e. The molecule has 0 bridgehead atoms. The summed E-state index contributed by atoms with van der Waals surface area (Å²) in [7, 11) is 4.73. The zero-order chi connectivity index (χ0) is 17.5. The monoisotopic (exact) mass is 374 g/mol. The molecular formula is C17H27ClN2O5. The van der Waals surface area contributed by atoms with Gasteiger partial charge in [0.25, 0.3) is 0 Å². The lowest BCUT2D eigenvalue weighted by molar-refractivity contribution is -0.131. The fourth-order valence-electron chi connectivity index (χ4n) is 2.87. The standard InChI is InChI=1S/C17H26N2O5.ClH/c1-21-13-6-4-11(15(22-2)16(13)23-3)8-9-19-17(20)14-7-5-12(10-18)24-14;/h4,6,12,14H,5,7-10,18H2,1-3H3,(H,19,20);1H/t12-,14+;/m1./s1. The van der Waals surface area contributed by atoms with Gasteiger partial charge in [0.15, 0.2) is 11.5 Å². The van der Waals surface area contributed by atoms with E-state index >= 15 is 0 Å². The van der Waals surface area contributed by atoms with E-state index in [1.54, 1.807) is 21.3 Å². The number of benzene rings is 1. The van der Waals surface area contributed by atoms with Gasteiger partial charge in [0.2, 0.25) is 11.7 Å². The normalized spacial score (nSPS) is 19.0. The summed E-state index contributed by atoms with van der Waals surface area (Å²) < 4.78 is 21.7. The van der Waals surface area contributed by atoms with E-state index in [9.17, 15) is 4.79 Å². The highest BCUT2D eigenvalue weighted by atomic mass is 35.5. The highest BCUT2D eigenvalue weighted by Crippen LogP contribution is 2.39. The molecule has 0 unspecified atom stereocenters. The van der Waals surface area contributed by atoms with E-state index in [1.165, 1.54) is 0 Å². The van der Waals surface area contributed by atoms with Crippen LogP contribution in [0.15, 0.2) is 12.1 Å². The molecule has 2 rings (SSSR count). The number of hydrogen-bond donors (Lipinski definition) is 2.